The van der Waals surface area contributed by atoms with Crippen molar-refractivity contribution in [2.75, 3.05) is 28.2 Å². The molecule has 2 aliphatic rings. The Balaban J connectivity index is 1.65. The van der Waals surface area contributed by atoms with E-state index in [1.807, 2.05) is 24.3 Å². The van der Waals surface area contributed by atoms with E-state index in [0.717, 1.165) is 49.9 Å². The number of amides is 3. The van der Waals surface area contributed by atoms with Crippen molar-refractivity contribution < 1.29 is 27.6 Å². The molecule has 1 saturated carbocycles. The minimum Gasteiger partial charge on any atom is -0.364 e. The van der Waals surface area contributed by atoms with Crippen LogP contribution in [0.2, 0.25) is 0 Å². The van der Waals surface area contributed by atoms with E-state index in [-0.39, 0.29) is 30.6 Å². The van der Waals surface area contributed by atoms with Crippen LogP contribution in [0.3, 0.4) is 0 Å². The SMILES string of the molecule is CC(C)(C)C(=O)CN1C(=O)C(NC(=O)Nc2cccc(C(F)(F)F)c2)CN(C2CCCCC2)c2ccccc21. The van der Waals surface area contributed by atoms with Crippen molar-refractivity contribution >= 4 is 34.8 Å². The number of hydrogen-bond donors (Lipinski definition) is 2. The largest absolute Gasteiger partial charge is 0.416 e. The van der Waals surface area contributed by atoms with E-state index in [9.17, 15) is 27.6 Å². The van der Waals surface area contributed by atoms with Crippen molar-refractivity contribution in [1.29, 1.82) is 0 Å². The highest BCUT2D eigenvalue weighted by Gasteiger charge is 2.39. The van der Waals surface area contributed by atoms with Crippen LogP contribution < -0.4 is 20.4 Å². The highest BCUT2D eigenvalue weighted by Crippen LogP contribution is 2.37. The van der Waals surface area contributed by atoms with Crippen LogP contribution >= 0.6 is 0 Å². The zero-order valence-electron chi connectivity index (χ0n) is 22.5. The molecule has 10 heteroatoms. The van der Waals surface area contributed by atoms with E-state index in [4.69, 9.17) is 0 Å². The number of urea groups is 1. The van der Waals surface area contributed by atoms with E-state index in [1.165, 1.54) is 17.0 Å². The van der Waals surface area contributed by atoms with Gasteiger partial charge in [0.25, 0.3) is 5.91 Å². The number of rotatable bonds is 5. The molecule has 2 aromatic rings. The first-order valence-electron chi connectivity index (χ1n) is 13.3. The maximum atomic E-state index is 13.9. The Hall–Kier alpha value is -3.56. The molecule has 2 N–H and O–H groups in total. The Morgan fingerprint density at radius 1 is 0.949 bits per heavy atom. The molecular formula is C29H35F3N4O3. The third kappa shape index (κ3) is 6.72. The van der Waals surface area contributed by atoms with E-state index in [0.29, 0.717) is 5.69 Å². The lowest BCUT2D eigenvalue weighted by molar-refractivity contribution is -0.137. The number of Topliss-reactive ketones (excluding diaryl/α,β-unsaturated/α-hetero) is 1. The van der Waals surface area contributed by atoms with Crippen LogP contribution in [0, 0.1) is 5.41 Å². The van der Waals surface area contributed by atoms with Gasteiger partial charge in [-0.3, -0.25) is 9.59 Å². The number of halogens is 3. The fourth-order valence-corrected chi connectivity index (χ4v) is 5.10. The maximum absolute atomic E-state index is 13.9. The fraction of sp³-hybridized carbons (Fsp3) is 0.483. The van der Waals surface area contributed by atoms with Gasteiger partial charge in [0, 0.05) is 23.7 Å². The van der Waals surface area contributed by atoms with Gasteiger partial charge in [-0.2, -0.15) is 13.2 Å². The molecule has 39 heavy (non-hydrogen) atoms. The normalized spacial score (nSPS) is 18.8. The van der Waals surface area contributed by atoms with Crippen LogP contribution in [0.25, 0.3) is 0 Å². The van der Waals surface area contributed by atoms with Crippen LogP contribution in [-0.2, 0) is 15.8 Å². The first-order valence-corrected chi connectivity index (χ1v) is 13.3. The lowest BCUT2D eigenvalue weighted by Crippen LogP contribution is -2.55. The molecule has 210 valence electrons. The minimum atomic E-state index is -4.56. The van der Waals surface area contributed by atoms with E-state index in [2.05, 4.69) is 15.5 Å². The summed E-state index contributed by atoms with van der Waals surface area (Å²) in [5, 5.41) is 5.12. The average Bonchev–Trinajstić information content (AvgIpc) is 2.99. The number of fused-ring (bicyclic) bond motifs is 1. The lowest BCUT2D eigenvalue weighted by atomic mass is 9.90. The number of alkyl halides is 3. The molecule has 0 aromatic heterocycles. The zero-order valence-corrected chi connectivity index (χ0v) is 22.5. The number of carbonyl (C=O) groups is 3. The molecule has 1 heterocycles. The molecule has 7 nitrogen and oxygen atoms in total. The molecule has 1 fully saturated rings. The van der Waals surface area contributed by atoms with Gasteiger partial charge in [0.05, 0.1) is 23.5 Å². The van der Waals surface area contributed by atoms with Gasteiger partial charge >= 0.3 is 12.2 Å². The lowest BCUT2D eigenvalue weighted by Gasteiger charge is -2.37. The molecule has 0 radical (unpaired) electrons. The van der Waals surface area contributed by atoms with Gasteiger partial charge in [-0.25, -0.2) is 4.79 Å². The Kier molecular flexibility index (Phi) is 8.23. The topological polar surface area (TPSA) is 81.8 Å². The monoisotopic (exact) mass is 544 g/mol. The molecule has 1 unspecified atom stereocenters. The summed E-state index contributed by atoms with van der Waals surface area (Å²) >= 11 is 0. The van der Waals surface area contributed by atoms with Gasteiger partial charge in [0.15, 0.2) is 5.78 Å². The Labute approximate surface area is 226 Å². The van der Waals surface area contributed by atoms with Crippen molar-refractivity contribution in [3.05, 3.63) is 54.1 Å². The average molecular weight is 545 g/mol. The first kappa shape index (κ1) is 28.4. The van der Waals surface area contributed by atoms with Crippen molar-refractivity contribution in [2.24, 2.45) is 5.41 Å². The number of hydrogen-bond acceptors (Lipinski definition) is 4. The van der Waals surface area contributed by atoms with Gasteiger partial charge < -0.3 is 20.4 Å². The molecule has 0 spiro atoms. The second-order valence-electron chi connectivity index (χ2n) is 11.3. The number of carbonyl (C=O) groups excluding carboxylic acids is 3. The van der Waals surface area contributed by atoms with Gasteiger partial charge in [-0.1, -0.05) is 58.2 Å². The van der Waals surface area contributed by atoms with Gasteiger partial charge in [-0.15, -0.1) is 0 Å². The summed E-state index contributed by atoms with van der Waals surface area (Å²) in [6.07, 6.45) is 0.560. The van der Waals surface area contributed by atoms with Crippen LogP contribution in [-0.4, -0.2) is 42.9 Å². The van der Waals surface area contributed by atoms with Crippen LogP contribution in [0.5, 0.6) is 0 Å². The van der Waals surface area contributed by atoms with E-state index >= 15 is 0 Å². The number of para-hydroxylation sites is 2. The summed E-state index contributed by atoms with van der Waals surface area (Å²) in [6, 6.07) is 10.1. The third-order valence-corrected chi connectivity index (χ3v) is 7.33. The second kappa shape index (κ2) is 11.3. The molecule has 1 aliphatic carbocycles. The molecule has 0 bridgehead atoms. The third-order valence-electron chi connectivity index (χ3n) is 7.33. The standard InChI is InChI=1S/C29H35F3N4O3/c1-28(2,3)25(37)18-36-24-15-8-7-14-23(24)35(21-12-5-4-6-13-21)17-22(26(36)38)34-27(39)33-20-11-9-10-19(16-20)29(30,31)32/h7-11,14-16,21-22H,4-6,12-13,17-18H2,1-3H3,(H2,33,34,39). The van der Waals surface area contributed by atoms with Crippen LogP contribution in [0.1, 0.15) is 58.4 Å². The number of nitrogens with one attached hydrogen (secondary N) is 2. The van der Waals surface area contributed by atoms with Gasteiger partial charge in [0.1, 0.15) is 6.04 Å². The van der Waals surface area contributed by atoms with Crippen molar-refractivity contribution in [1.82, 2.24) is 5.32 Å². The number of benzene rings is 2. The minimum absolute atomic E-state index is 0.0458. The van der Waals surface area contributed by atoms with E-state index in [1.54, 1.807) is 20.8 Å². The highest BCUT2D eigenvalue weighted by atomic mass is 19.4. The zero-order chi connectivity index (χ0) is 28.4. The number of ketones is 1. The van der Waals surface area contributed by atoms with Crippen LogP contribution in [0.4, 0.5) is 35.0 Å². The van der Waals surface area contributed by atoms with Crippen LogP contribution in [0.15, 0.2) is 48.5 Å². The molecule has 1 atom stereocenters. The fourth-order valence-electron chi connectivity index (χ4n) is 5.10. The van der Waals surface area contributed by atoms with Crippen molar-refractivity contribution in [2.45, 2.75) is 71.1 Å². The predicted octanol–water partition coefficient (Wildman–Crippen LogP) is 6.00. The molecule has 4 rings (SSSR count). The molecule has 2 aromatic carbocycles. The predicted molar refractivity (Wildman–Crippen MR) is 145 cm³/mol. The number of anilines is 3. The highest BCUT2D eigenvalue weighted by molar-refractivity contribution is 6.08. The Bertz CT molecular complexity index is 1220. The Morgan fingerprint density at radius 3 is 2.26 bits per heavy atom. The second-order valence-corrected chi connectivity index (χ2v) is 11.3. The molecule has 1 aliphatic heterocycles. The summed E-state index contributed by atoms with van der Waals surface area (Å²) in [5.74, 6) is -0.582. The van der Waals surface area contributed by atoms with Crippen molar-refractivity contribution in [3.63, 3.8) is 0 Å². The van der Waals surface area contributed by atoms with Crippen molar-refractivity contribution in [3.8, 4) is 0 Å². The molecule has 0 saturated heterocycles. The van der Waals surface area contributed by atoms with E-state index < -0.39 is 35.1 Å². The summed E-state index contributed by atoms with van der Waals surface area (Å²) in [6.45, 7) is 5.38. The van der Waals surface area contributed by atoms with Gasteiger partial charge in [0.2, 0.25) is 0 Å². The maximum Gasteiger partial charge on any atom is 0.416 e. The quantitative estimate of drug-likeness (QED) is 0.484. The van der Waals surface area contributed by atoms with Gasteiger partial charge in [-0.05, 0) is 43.2 Å². The summed E-state index contributed by atoms with van der Waals surface area (Å²) in [5.41, 5.74) is -0.198. The molecule has 3 amide bonds. The summed E-state index contributed by atoms with van der Waals surface area (Å²) in [7, 11) is 0. The Morgan fingerprint density at radius 2 is 1.62 bits per heavy atom. The number of nitrogens with zero attached hydrogens (tertiary/aromatic N) is 2. The summed E-state index contributed by atoms with van der Waals surface area (Å²) in [4.78, 5) is 43.6. The summed E-state index contributed by atoms with van der Waals surface area (Å²) < 4.78 is 39.4. The first-order chi connectivity index (χ1) is 18.3. The molecular weight excluding hydrogens is 509 g/mol. The smallest absolute Gasteiger partial charge is 0.364 e.